The van der Waals surface area contributed by atoms with Crippen molar-refractivity contribution in [3.63, 3.8) is 0 Å². The molecule has 0 saturated carbocycles. The van der Waals surface area contributed by atoms with E-state index < -0.39 is 10.6 Å². The molecule has 1 aromatic rings. The topological polar surface area (TPSA) is 141 Å². The van der Waals surface area contributed by atoms with Gasteiger partial charge in [-0.3, -0.25) is 15.5 Å². The van der Waals surface area contributed by atoms with Gasteiger partial charge in [-0.05, 0) is 6.07 Å². The number of nitrogens with two attached hydrogens (primary N) is 1. The van der Waals surface area contributed by atoms with Crippen LogP contribution in [0.1, 0.15) is 5.56 Å². The number of hydrogen-bond acceptors (Lipinski definition) is 7. The van der Waals surface area contributed by atoms with E-state index in [0.29, 0.717) is 0 Å². The van der Waals surface area contributed by atoms with Gasteiger partial charge < -0.3 is 5.73 Å². The van der Waals surface area contributed by atoms with Gasteiger partial charge in [0.05, 0.1) is 10.6 Å². The van der Waals surface area contributed by atoms with Crippen LogP contribution in [0.25, 0.3) is 0 Å². The summed E-state index contributed by atoms with van der Waals surface area (Å²) in [4.78, 5) is 9.97. The summed E-state index contributed by atoms with van der Waals surface area (Å²) in [6.45, 7) is 0. The summed E-state index contributed by atoms with van der Waals surface area (Å²) in [6.07, 6.45) is 0. The van der Waals surface area contributed by atoms with Crippen LogP contribution in [-0.2, 0) is 0 Å². The first kappa shape index (κ1) is 14.0. The summed E-state index contributed by atoms with van der Waals surface area (Å²) in [6, 6.07) is 6.84. The van der Waals surface area contributed by atoms with E-state index in [1.54, 1.807) is 12.1 Å². The summed E-state index contributed by atoms with van der Waals surface area (Å²) in [5.74, 6) is 0. The Hall–Kier alpha value is -3.04. The Morgan fingerprint density at radius 3 is 2.58 bits per heavy atom. The Morgan fingerprint density at radius 2 is 2.11 bits per heavy atom. The lowest BCUT2D eigenvalue weighted by atomic mass is 10.1. The largest absolute Gasteiger partial charge is 0.389 e. The molecule has 8 nitrogen and oxygen atoms in total. The normalized spacial score (nSPS) is 8.74. The molecular formula is C10H6N6O2S. The van der Waals surface area contributed by atoms with Crippen molar-refractivity contribution in [2.24, 2.45) is 10.8 Å². The van der Waals surface area contributed by atoms with Crippen LogP contribution in [0.3, 0.4) is 0 Å². The van der Waals surface area contributed by atoms with Crippen molar-refractivity contribution in [3.05, 3.63) is 33.9 Å². The summed E-state index contributed by atoms with van der Waals surface area (Å²) < 4.78 is 0. The molecule has 0 fully saturated rings. The minimum atomic E-state index is -0.592. The van der Waals surface area contributed by atoms with Gasteiger partial charge in [-0.2, -0.15) is 15.6 Å². The monoisotopic (exact) mass is 274 g/mol. The number of hydrazone groups is 1. The van der Waals surface area contributed by atoms with Crippen LogP contribution in [0.2, 0.25) is 0 Å². The number of thiocarbonyl (C=S) groups is 1. The van der Waals surface area contributed by atoms with E-state index in [9.17, 15) is 10.1 Å². The van der Waals surface area contributed by atoms with Crippen LogP contribution in [0.5, 0.6) is 0 Å². The van der Waals surface area contributed by atoms with Gasteiger partial charge in [0.2, 0.25) is 5.71 Å². The Morgan fingerprint density at radius 1 is 1.47 bits per heavy atom. The zero-order chi connectivity index (χ0) is 14.4. The number of nitrogens with one attached hydrogen (secondary N) is 1. The van der Waals surface area contributed by atoms with E-state index in [0.717, 1.165) is 0 Å². The Balaban J connectivity index is 3.19. The standard InChI is InChI=1S/C10H6N6O2S/c11-4-6(5-12)14-15-9-2-1-7(16(17)18)3-8(9)10(13)19/h1-3,15H,(H2,13,19). The summed E-state index contributed by atoms with van der Waals surface area (Å²) in [5.41, 5.74) is 7.74. The molecular weight excluding hydrogens is 268 g/mol. The minimum Gasteiger partial charge on any atom is -0.389 e. The van der Waals surface area contributed by atoms with Crippen molar-refractivity contribution in [2.45, 2.75) is 0 Å². The highest BCUT2D eigenvalue weighted by atomic mass is 32.1. The lowest BCUT2D eigenvalue weighted by Crippen LogP contribution is -2.12. The van der Waals surface area contributed by atoms with Crippen LogP contribution in [-0.4, -0.2) is 15.6 Å². The maximum atomic E-state index is 10.6. The van der Waals surface area contributed by atoms with Gasteiger partial charge in [-0.15, -0.1) is 0 Å². The Kier molecular flexibility index (Phi) is 4.46. The van der Waals surface area contributed by atoms with Crippen LogP contribution >= 0.6 is 12.2 Å². The molecule has 1 rings (SSSR count). The minimum absolute atomic E-state index is 0.0723. The number of benzene rings is 1. The lowest BCUT2D eigenvalue weighted by molar-refractivity contribution is -0.384. The highest BCUT2D eigenvalue weighted by molar-refractivity contribution is 7.80. The van der Waals surface area contributed by atoms with Gasteiger partial charge in [0.15, 0.2) is 0 Å². The van der Waals surface area contributed by atoms with Crippen molar-refractivity contribution < 1.29 is 4.92 Å². The third-order valence-electron chi connectivity index (χ3n) is 1.98. The molecule has 0 saturated heterocycles. The van der Waals surface area contributed by atoms with Crippen molar-refractivity contribution in [3.8, 4) is 12.1 Å². The van der Waals surface area contributed by atoms with Crippen molar-refractivity contribution in [1.29, 1.82) is 10.5 Å². The number of rotatable bonds is 4. The van der Waals surface area contributed by atoms with Gasteiger partial charge in [0.1, 0.15) is 17.1 Å². The molecule has 0 atom stereocenters. The molecule has 0 aromatic heterocycles. The quantitative estimate of drug-likeness (QED) is 0.361. The average Bonchev–Trinajstić information content (AvgIpc) is 2.39. The van der Waals surface area contributed by atoms with Crippen LogP contribution in [0.4, 0.5) is 11.4 Å². The molecule has 0 unspecified atom stereocenters. The Bertz CT molecular complexity index is 639. The van der Waals surface area contributed by atoms with E-state index in [1.807, 2.05) is 0 Å². The van der Waals surface area contributed by atoms with E-state index in [-0.39, 0.29) is 21.9 Å². The van der Waals surface area contributed by atoms with Crippen molar-refractivity contribution in [2.75, 3.05) is 5.43 Å². The van der Waals surface area contributed by atoms with Crippen molar-refractivity contribution >= 4 is 34.3 Å². The first-order valence-electron chi connectivity index (χ1n) is 4.71. The molecule has 0 amide bonds. The van der Waals surface area contributed by atoms with E-state index >= 15 is 0 Å². The van der Waals surface area contributed by atoms with Gasteiger partial charge in [0.25, 0.3) is 5.69 Å². The number of hydrogen-bond donors (Lipinski definition) is 2. The first-order chi connectivity index (χ1) is 8.99. The lowest BCUT2D eigenvalue weighted by Gasteiger charge is -2.06. The molecule has 9 heteroatoms. The van der Waals surface area contributed by atoms with Gasteiger partial charge in [0, 0.05) is 17.7 Å². The number of nitriles is 2. The highest BCUT2D eigenvalue weighted by Gasteiger charge is 2.12. The molecule has 0 bridgehead atoms. The number of non-ortho nitro benzene ring substituents is 1. The fourth-order valence-electron chi connectivity index (χ4n) is 1.14. The van der Waals surface area contributed by atoms with Gasteiger partial charge in [-0.25, -0.2) is 0 Å². The van der Waals surface area contributed by atoms with Gasteiger partial charge >= 0.3 is 0 Å². The number of nitro benzene ring substituents is 1. The third-order valence-corrected chi connectivity index (χ3v) is 2.20. The fourth-order valence-corrected chi connectivity index (χ4v) is 1.31. The molecule has 0 aliphatic rings. The SMILES string of the molecule is N#CC(C#N)=NNc1ccc([N+](=O)[O-])cc1C(N)=S. The number of anilines is 1. The molecule has 19 heavy (non-hydrogen) atoms. The van der Waals surface area contributed by atoms with Crippen LogP contribution in [0.15, 0.2) is 23.3 Å². The summed E-state index contributed by atoms with van der Waals surface area (Å²) >= 11 is 4.77. The smallest absolute Gasteiger partial charge is 0.270 e. The zero-order valence-electron chi connectivity index (χ0n) is 9.32. The molecule has 94 valence electrons. The molecule has 0 radical (unpaired) electrons. The van der Waals surface area contributed by atoms with E-state index in [4.69, 9.17) is 28.5 Å². The molecule has 0 heterocycles. The summed E-state index contributed by atoms with van der Waals surface area (Å²) in [7, 11) is 0. The van der Waals surface area contributed by atoms with Crippen molar-refractivity contribution in [1.82, 2.24) is 0 Å². The van der Waals surface area contributed by atoms with E-state index in [1.165, 1.54) is 18.2 Å². The number of nitro groups is 1. The summed E-state index contributed by atoms with van der Waals surface area (Å²) in [5, 5.41) is 31.2. The third kappa shape index (κ3) is 3.46. The van der Waals surface area contributed by atoms with Crippen LogP contribution in [0, 0.1) is 32.8 Å². The molecule has 0 aliphatic heterocycles. The second-order valence-electron chi connectivity index (χ2n) is 3.15. The van der Waals surface area contributed by atoms with Crippen LogP contribution < -0.4 is 11.2 Å². The predicted octanol–water partition coefficient (Wildman–Crippen LogP) is 1.04. The zero-order valence-corrected chi connectivity index (χ0v) is 10.1. The fraction of sp³-hybridized carbons (Fsp3) is 0. The Labute approximate surface area is 112 Å². The predicted molar refractivity (Wildman–Crippen MR) is 71.3 cm³/mol. The van der Waals surface area contributed by atoms with Gasteiger partial charge in [-0.1, -0.05) is 12.2 Å². The molecule has 0 spiro atoms. The maximum absolute atomic E-state index is 10.6. The second kappa shape index (κ2) is 6.05. The molecule has 1 aromatic carbocycles. The average molecular weight is 274 g/mol. The highest BCUT2D eigenvalue weighted by Crippen LogP contribution is 2.22. The maximum Gasteiger partial charge on any atom is 0.270 e. The van der Waals surface area contributed by atoms with E-state index in [2.05, 4.69) is 10.5 Å². The molecule has 3 N–H and O–H groups in total. The molecule has 0 aliphatic carbocycles. The second-order valence-corrected chi connectivity index (χ2v) is 3.59. The first-order valence-corrected chi connectivity index (χ1v) is 5.12. The number of nitrogens with zero attached hydrogens (tertiary/aromatic N) is 4.